The molecule has 0 spiro atoms. The van der Waals surface area contributed by atoms with Gasteiger partial charge in [-0.1, -0.05) is 6.07 Å². The number of alkyl halides is 1. The first-order valence-electron chi connectivity index (χ1n) is 4.72. The molecule has 0 amide bonds. The molecule has 1 aromatic carbocycles. The van der Waals surface area contributed by atoms with Gasteiger partial charge in [-0.2, -0.15) is 0 Å². The first-order valence-corrected chi connectivity index (χ1v) is 5.10. The topological polar surface area (TPSA) is 0 Å². The standard InChI is InChI=1S/C12H15Cl/c1-7-5-8(2)11-10(9(7)3)6-12(11,4)13/h5H,6H2,1-4H3. The Labute approximate surface area is 84.9 Å². The highest BCUT2D eigenvalue weighted by atomic mass is 35.5. The summed E-state index contributed by atoms with van der Waals surface area (Å²) in [5.74, 6) is 0. The lowest BCUT2D eigenvalue weighted by atomic mass is 9.72. The monoisotopic (exact) mass is 194 g/mol. The van der Waals surface area contributed by atoms with Gasteiger partial charge in [0.2, 0.25) is 0 Å². The minimum atomic E-state index is -0.0993. The first kappa shape index (κ1) is 9.08. The molecule has 0 radical (unpaired) electrons. The molecule has 1 unspecified atom stereocenters. The summed E-state index contributed by atoms with van der Waals surface area (Å²) in [6, 6.07) is 2.24. The van der Waals surface area contributed by atoms with Gasteiger partial charge in [0.05, 0.1) is 4.87 Å². The average molecular weight is 195 g/mol. The molecule has 0 fully saturated rings. The Hall–Kier alpha value is -0.490. The van der Waals surface area contributed by atoms with Crippen molar-refractivity contribution in [2.24, 2.45) is 0 Å². The Balaban J connectivity index is 2.69. The molecule has 1 heteroatoms. The van der Waals surface area contributed by atoms with Crippen molar-refractivity contribution in [3.63, 3.8) is 0 Å². The number of halogens is 1. The Morgan fingerprint density at radius 1 is 1.23 bits per heavy atom. The molecule has 70 valence electrons. The zero-order valence-corrected chi connectivity index (χ0v) is 9.42. The molecule has 1 aliphatic rings. The quantitative estimate of drug-likeness (QED) is 0.554. The van der Waals surface area contributed by atoms with Crippen molar-refractivity contribution >= 4 is 11.6 Å². The van der Waals surface area contributed by atoms with Crippen LogP contribution in [-0.2, 0) is 11.3 Å². The van der Waals surface area contributed by atoms with Crippen LogP contribution < -0.4 is 0 Å². The summed E-state index contributed by atoms with van der Waals surface area (Å²) < 4.78 is 0. The molecule has 0 aliphatic heterocycles. The fourth-order valence-electron chi connectivity index (χ4n) is 2.43. The van der Waals surface area contributed by atoms with Crippen LogP contribution in [0.5, 0.6) is 0 Å². The Morgan fingerprint density at radius 3 is 2.38 bits per heavy atom. The number of hydrogen-bond donors (Lipinski definition) is 0. The number of rotatable bonds is 0. The summed E-state index contributed by atoms with van der Waals surface area (Å²) in [5.41, 5.74) is 7.02. The second-order valence-electron chi connectivity index (χ2n) is 4.36. The van der Waals surface area contributed by atoms with Crippen LogP contribution in [0.2, 0.25) is 0 Å². The van der Waals surface area contributed by atoms with Crippen molar-refractivity contribution in [1.82, 2.24) is 0 Å². The van der Waals surface area contributed by atoms with E-state index in [1.807, 2.05) is 0 Å². The Bertz CT molecular complexity index is 375. The van der Waals surface area contributed by atoms with Crippen LogP contribution in [0.3, 0.4) is 0 Å². The van der Waals surface area contributed by atoms with Crippen LogP contribution in [0.4, 0.5) is 0 Å². The highest BCUT2D eigenvalue weighted by molar-refractivity contribution is 6.25. The molecule has 2 rings (SSSR count). The number of fused-ring (bicyclic) bond motifs is 1. The van der Waals surface area contributed by atoms with E-state index >= 15 is 0 Å². The van der Waals surface area contributed by atoms with Crippen molar-refractivity contribution in [2.75, 3.05) is 0 Å². The van der Waals surface area contributed by atoms with Gasteiger partial charge in [0.1, 0.15) is 0 Å². The minimum absolute atomic E-state index is 0.0993. The molecule has 0 aromatic heterocycles. The second kappa shape index (κ2) is 2.51. The van der Waals surface area contributed by atoms with Crippen molar-refractivity contribution in [1.29, 1.82) is 0 Å². The third-order valence-corrected chi connectivity index (χ3v) is 3.53. The van der Waals surface area contributed by atoms with Crippen LogP contribution >= 0.6 is 11.6 Å². The molecule has 1 atom stereocenters. The molecular formula is C12H15Cl. The van der Waals surface area contributed by atoms with Crippen LogP contribution in [0.15, 0.2) is 6.07 Å². The number of aryl methyl sites for hydroxylation is 2. The number of hydrogen-bond acceptors (Lipinski definition) is 0. The van der Waals surface area contributed by atoms with Gasteiger partial charge in [0.25, 0.3) is 0 Å². The van der Waals surface area contributed by atoms with Gasteiger partial charge in [-0.25, -0.2) is 0 Å². The maximum atomic E-state index is 6.36. The van der Waals surface area contributed by atoms with E-state index in [1.54, 1.807) is 0 Å². The van der Waals surface area contributed by atoms with Gasteiger partial charge in [-0.05, 0) is 61.9 Å². The van der Waals surface area contributed by atoms with Crippen LogP contribution in [0.25, 0.3) is 0 Å². The fraction of sp³-hybridized carbons (Fsp3) is 0.500. The van der Waals surface area contributed by atoms with Gasteiger partial charge in [-0.15, -0.1) is 11.6 Å². The second-order valence-corrected chi connectivity index (χ2v) is 5.20. The highest BCUT2D eigenvalue weighted by Crippen LogP contribution is 2.48. The van der Waals surface area contributed by atoms with E-state index in [0.717, 1.165) is 6.42 Å². The fourth-order valence-corrected chi connectivity index (χ4v) is 2.83. The van der Waals surface area contributed by atoms with Crippen molar-refractivity contribution < 1.29 is 0 Å². The molecule has 13 heavy (non-hydrogen) atoms. The Kier molecular flexibility index (Phi) is 1.75. The smallest absolute Gasteiger partial charge is 0.0712 e. The van der Waals surface area contributed by atoms with E-state index in [0.29, 0.717) is 0 Å². The normalized spacial score (nSPS) is 25.3. The first-order chi connectivity index (χ1) is 5.93. The largest absolute Gasteiger partial charge is 0.114 e. The zero-order valence-electron chi connectivity index (χ0n) is 8.66. The van der Waals surface area contributed by atoms with Crippen molar-refractivity contribution in [3.8, 4) is 0 Å². The lowest BCUT2D eigenvalue weighted by Crippen LogP contribution is -2.32. The molecule has 0 saturated heterocycles. The van der Waals surface area contributed by atoms with E-state index in [-0.39, 0.29) is 4.87 Å². The van der Waals surface area contributed by atoms with Crippen LogP contribution in [-0.4, -0.2) is 0 Å². The Morgan fingerprint density at radius 2 is 1.85 bits per heavy atom. The maximum absolute atomic E-state index is 6.36. The van der Waals surface area contributed by atoms with E-state index in [4.69, 9.17) is 11.6 Å². The van der Waals surface area contributed by atoms with E-state index < -0.39 is 0 Å². The van der Waals surface area contributed by atoms with Gasteiger partial charge < -0.3 is 0 Å². The molecule has 0 bridgehead atoms. The summed E-state index contributed by atoms with van der Waals surface area (Å²) >= 11 is 6.36. The van der Waals surface area contributed by atoms with E-state index in [2.05, 4.69) is 33.8 Å². The highest BCUT2D eigenvalue weighted by Gasteiger charge is 2.39. The molecule has 0 heterocycles. The summed E-state index contributed by atoms with van der Waals surface area (Å²) in [6.45, 7) is 8.63. The molecule has 0 N–H and O–H groups in total. The molecule has 0 nitrogen and oxygen atoms in total. The van der Waals surface area contributed by atoms with E-state index in [1.165, 1.54) is 27.8 Å². The predicted octanol–water partition coefficient (Wildman–Crippen LogP) is 3.62. The summed E-state index contributed by atoms with van der Waals surface area (Å²) in [4.78, 5) is -0.0993. The van der Waals surface area contributed by atoms with Gasteiger partial charge in [0, 0.05) is 0 Å². The maximum Gasteiger partial charge on any atom is 0.0712 e. The lowest BCUT2D eigenvalue weighted by Gasteiger charge is -2.39. The van der Waals surface area contributed by atoms with Crippen molar-refractivity contribution in [2.45, 2.75) is 39.0 Å². The predicted molar refractivity (Wildman–Crippen MR) is 57.6 cm³/mol. The third-order valence-electron chi connectivity index (χ3n) is 3.20. The average Bonchev–Trinajstić information content (AvgIpc) is 1.96. The van der Waals surface area contributed by atoms with Gasteiger partial charge in [0.15, 0.2) is 0 Å². The summed E-state index contributed by atoms with van der Waals surface area (Å²) in [5, 5.41) is 0. The zero-order chi connectivity index (χ0) is 9.80. The van der Waals surface area contributed by atoms with Crippen molar-refractivity contribution in [3.05, 3.63) is 33.9 Å². The lowest BCUT2D eigenvalue weighted by molar-refractivity contribution is 0.578. The summed E-state index contributed by atoms with van der Waals surface area (Å²) in [7, 11) is 0. The molecule has 0 saturated carbocycles. The number of benzene rings is 1. The van der Waals surface area contributed by atoms with Crippen LogP contribution in [0.1, 0.15) is 34.7 Å². The molecule has 1 aromatic rings. The summed E-state index contributed by atoms with van der Waals surface area (Å²) in [6.07, 6.45) is 1.03. The molecule has 1 aliphatic carbocycles. The van der Waals surface area contributed by atoms with Crippen LogP contribution in [0, 0.1) is 20.8 Å². The van der Waals surface area contributed by atoms with E-state index in [9.17, 15) is 0 Å². The third kappa shape index (κ3) is 1.12. The van der Waals surface area contributed by atoms with Gasteiger partial charge >= 0.3 is 0 Å². The minimum Gasteiger partial charge on any atom is -0.114 e. The SMILES string of the molecule is Cc1cc(C)c2c(c1C)CC2(C)Cl. The van der Waals surface area contributed by atoms with Gasteiger partial charge in [-0.3, -0.25) is 0 Å². The molecular weight excluding hydrogens is 180 g/mol.